The van der Waals surface area contributed by atoms with Crippen LogP contribution in [0.25, 0.3) is 0 Å². The number of aliphatic hydroxyl groups excluding tert-OH is 1. The Morgan fingerprint density at radius 2 is 2.18 bits per heavy atom. The minimum absolute atomic E-state index is 0.0196. The van der Waals surface area contributed by atoms with Crippen molar-refractivity contribution in [2.75, 3.05) is 19.7 Å². The van der Waals surface area contributed by atoms with E-state index in [0.29, 0.717) is 30.4 Å². The molecule has 3 rings (SSSR count). The third kappa shape index (κ3) is 3.00. The van der Waals surface area contributed by atoms with Crippen molar-refractivity contribution in [3.8, 4) is 0 Å². The second-order valence-corrected chi connectivity index (χ2v) is 5.66. The van der Waals surface area contributed by atoms with Crippen molar-refractivity contribution in [1.29, 1.82) is 0 Å². The Morgan fingerprint density at radius 3 is 2.86 bits per heavy atom. The SMILES string of the molecule is Cc1noc([C@@H]2CN(Cc3cc(F)ccc3F)C[C@H]2CO)n1. The molecule has 2 heterocycles. The molecule has 1 aromatic heterocycles. The molecule has 1 aromatic carbocycles. The zero-order valence-corrected chi connectivity index (χ0v) is 12.2. The van der Waals surface area contributed by atoms with Crippen LogP contribution in [0.5, 0.6) is 0 Å². The van der Waals surface area contributed by atoms with Crippen LogP contribution in [0.4, 0.5) is 8.78 Å². The van der Waals surface area contributed by atoms with E-state index in [1.165, 1.54) is 6.07 Å². The van der Waals surface area contributed by atoms with Crippen LogP contribution in [0.15, 0.2) is 22.7 Å². The monoisotopic (exact) mass is 309 g/mol. The van der Waals surface area contributed by atoms with Crippen molar-refractivity contribution < 1.29 is 18.4 Å². The number of halogens is 2. The van der Waals surface area contributed by atoms with E-state index in [0.717, 1.165) is 12.1 Å². The minimum atomic E-state index is -0.460. The summed E-state index contributed by atoms with van der Waals surface area (Å²) < 4.78 is 32.2. The lowest BCUT2D eigenvalue weighted by Gasteiger charge is -2.15. The molecule has 1 fully saturated rings. The molecule has 0 unspecified atom stereocenters. The van der Waals surface area contributed by atoms with Gasteiger partial charge in [-0.15, -0.1) is 0 Å². The summed E-state index contributed by atoms with van der Waals surface area (Å²) in [5.74, 6) is -0.0169. The van der Waals surface area contributed by atoms with Gasteiger partial charge in [0.25, 0.3) is 0 Å². The minimum Gasteiger partial charge on any atom is -0.396 e. The lowest BCUT2D eigenvalue weighted by atomic mass is 9.97. The number of hydrogen-bond acceptors (Lipinski definition) is 5. The van der Waals surface area contributed by atoms with Gasteiger partial charge in [-0.2, -0.15) is 4.98 Å². The van der Waals surface area contributed by atoms with Crippen LogP contribution in [0, 0.1) is 24.5 Å². The highest BCUT2D eigenvalue weighted by Crippen LogP contribution is 2.32. The lowest BCUT2D eigenvalue weighted by Crippen LogP contribution is -2.21. The maximum Gasteiger partial charge on any atom is 0.231 e. The van der Waals surface area contributed by atoms with Gasteiger partial charge in [0, 0.05) is 37.7 Å². The average molecular weight is 309 g/mol. The van der Waals surface area contributed by atoms with Gasteiger partial charge < -0.3 is 9.63 Å². The zero-order chi connectivity index (χ0) is 15.7. The van der Waals surface area contributed by atoms with E-state index in [1.54, 1.807) is 6.92 Å². The normalized spacial score (nSPS) is 22.4. The second kappa shape index (κ2) is 6.10. The maximum absolute atomic E-state index is 13.7. The number of rotatable bonds is 4. The molecule has 2 aromatic rings. The molecule has 0 bridgehead atoms. The number of aryl methyl sites for hydroxylation is 1. The fourth-order valence-electron chi connectivity index (χ4n) is 2.92. The Morgan fingerprint density at radius 1 is 1.36 bits per heavy atom. The number of benzene rings is 1. The van der Waals surface area contributed by atoms with Crippen LogP contribution in [-0.4, -0.2) is 39.8 Å². The molecule has 2 atom stereocenters. The molecule has 0 saturated carbocycles. The Hall–Kier alpha value is -1.86. The first kappa shape index (κ1) is 15.1. The smallest absolute Gasteiger partial charge is 0.231 e. The summed E-state index contributed by atoms with van der Waals surface area (Å²) in [6.45, 7) is 3.12. The van der Waals surface area contributed by atoms with E-state index in [2.05, 4.69) is 10.1 Å². The van der Waals surface area contributed by atoms with Crippen LogP contribution >= 0.6 is 0 Å². The highest BCUT2D eigenvalue weighted by Gasteiger charge is 2.37. The summed E-state index contributed by atoms with van der Waals surface area (Å²) in [6, 6.07) is 3.43. The fourth-order valence-corrected chi connectivity index (χ4v) is 2.92. The van der Waals surface area contributed by atoms with E-state index >= 15 is 0 Å². The summed E-state index contributed by atoms with van der Waals surface area (Å²) in [5.41, 5.74) is 0.305. The molecule has 5 nitrogen and oxygen atoms in total. The topological polar surface area (TPSA) is 62.4 Å². The summed E-state index contributed by atoms with van der Waals surface area (Å²) in [6.07, 6.45) is 0. The van der Waals surface area contributed by atoms with E-state index in [4.69, 9.17) is 4.52 Å². The molecule has 7 heteroatoms. The van der Waals surface area contributed by atoms with Crippen LogP contribution in [0.3, 0.4) is 0 Å². The zero-order valence-electron chi connectivity index (χ0n) is 12.2. The molecular formula is C15H17F2N3O2. The molecule has 22 heavy (non-hydrogen) atoms. The predicted molar refractivity (Wildman–Crippen MR) is 74.0 cm³/mol. The summed E-state index contributed by atoms with van der Waals surface area (Å²) in [5, 5.41) is 13.3. The summed E-state index contributed by atoms with van der Waals surface area (Å²) >= 11 is 0. The van der Waals surface area contributed by atoms with Gasteiger partial charge in [-0.25, -0.2) is 8.78 Å². The second-order valence-electron chi connectivity index (χ2n) is 5.66. The van der Waals surface area contributed by atoms with E-state index in [1.807, 2.05) is 4.90 Å². The van der Waals surface area contributed by atoms with Gasteiger partial charge >= 0.3 is 0 Å². The van der Waals surface area contributed by atoms with Gasteiger partial charge in [0.15, 0.2) is 5.82 Å². The van der Waals surface area contributed by atoms with Gasteiger partial charge in [-0.05, 0) is 25.1 Å². The average Bonchev–Trinajstić information content (AvgIpc) is 3.09. The molecule has 0 radical (unpaired) electrons. The van der Waals surface area contributed by atoms with Crippen LogP contribution in [0.1, 0.15) is 23.2 Å². The van der Waals surface area contributed by atoms with Crippen LogP contribution in [0.2, 0.25) is 0 Å². The highest BCUT2D eigenvalue weighted by molar-refractivity contribution is 5.19. The standard InChI is InChI=1S/C15H17F2N3O2/c1-9-18-15(22-19-9)13-7-20(6-11(13)8-21)5-10-4-12(16)2-3-14(10)17/h2-4,11,13,21H,5-8H2,1H3/t11-,13+/m0/s1. The number of aromatic nitrogens is 2. The molecule has 1 N–H and O–H groups in total. The summed E-state index contributed by atoms with van der Waals surface area (Å²) in [4.78, 5) is 6.18. The van der Waals surface area contributed by atoms with Crippen molar-refractivity contribution in [2.45, 2.75) is 19.4 Å². The van der Waals surface area contributed by atoms with Crippen LogP contribution < -0.4 is 0 Å². The molecule has 1 saturated heterocycles. The van der Waals surface area contributed by atoms with Gasteiger partial charge in [-0.1, -0.05) is 5.16 Å². The molecule has 1 aliphatic heterocycles. The Labute approximate surface area is 126 Å². The third-order valence-corrected chi connectivity index (χ3v) is 4.01. The Kier molecular flexibility index (Phi) is 4.17. The van der Waals surface area contributed by atoms with Gasteiger partial charge in [0.1, 0.15) is 11.6 Å². The van der Waals surface area contributed by atoms with Crippen molar-refractivity contribution in [2.24, 2.45) is 5.92 Å². The molecular weight excluding hydrogens is 292 g/mol. The van der Waals surface area contributed by atoms with E-state index in [9.17, 15) is 13.9 Å². The number of aliphatic hydroxyl groups is 1. The van der Waals surface area contributed by atoms with Gasteiger partial charge in [0.2, 0.25) is 5.89 Å². The first-order valence-corrected chi connectivity index (χ1v) is 7.14. The molecule has 0 aliphatic carbocycles. The highest BCUT2D eigenvalue weighted by atomic mass is 19.1. The molecule has 0 spiro atoms. The van der Waals surface area contributed by atoms with Crippen molar-refractivity contribution in [1.82, 2.24) is 15.0 Å². The first-order chi connectivity index (χ1) is 10.6. The first-order valence-electron chi connectivity index (χ1n) is 7.14. The number of nitrogens with zero attached hydrogens (tertiary/aromatic N) is 3. The predicted octanol–water partition coefficient (Wildman–Crippen LogP) is 1.86. The Balaban J connectivity index is 1.75. The largest absolute Gasteiger partial charge is 0.396 e. The molecule has 118 valence electrons. The fraction of sp³-hybridized carbons (Fsp3) is 0.467. The lowest BCUT2D eigenvalue weighted by molar-refractivity contribution is 0.204. The van der Waals surface area contributed by atoms with Crippen molar-refractivity contribution >= 4 is 0 Å². The number of likely N-dealkylation sites (tertiary alicyclic amines) is 1. The third-order valence-electron chi connectivity index (χ3n) is 4.01. The maximum atomic E-state index is 13.7. The van der Waals surface area contributed by atoms with Crippen molar-refractivity contribution in [3.05, 3.63) is 47.1 Å². The van der Waals surface area contributed by atoms with Crippen molar-refractivity contribution in [3.63, 3.8) is 0 Å². The van der Waals surface area contributed by atoms with Gasteiger partial charge in [0.05, 0.1) is 5.92 Å². The molecule has 1 aliphatic rings. The quantitative estimate of drug-likeness (QED) is 0.934. The van der Waals surface area contributed by atoms with Gasteiger partial charge in [-0.3, -0.25) is 4.90 Å². The van der Waals surface area contributed by atoms with E-state index < -0.39 is 11.6 Å². The molecule has 0 amide bonds. The Bertz CT molecular complexity index is 662. The number of hydrogen-bond donors (Lipinski definition) is 1. The van der Waals surface area contributed by atoms with Crippen LogP contribution in [-0.2, 0) is 6.54 Å². The summed E-state index contributed by atoms with van der Waals surface area (Å²) in [7, 11) is 0. The van der Waals surface area contributed by atoms with E-state index in [-0.39, 0.29) is 25.0 Å².